The Hall–Kier alpha value is -3.03. The number of azide groups is 2. The molecule has 0 aliphatic carbocycles. The smallest absolute Gasteiger partial charge is 0.173 e. The second kappa shape index (κ2) is 38.8. The Morgan fingerprint density at radius 3 is 1.20 bits per heavy atom. The zero-order valence-electron chi connectivity index (χ0n) is 30.9. The molecule has 17 heteroatoms. The zero-order chi connectivity index (χ0) is 42.4. The quantitative estimate of drug-likeness (QED) is 0.0317. The molecule has 307 valence electrons. The van der Waals surface area contributed by atoms with Gasteiger partial charge in [-0.3, -0.25) is 14.4 Å². The van der Waals surface area contributed by atoms with Gasteiger partial charge in [0.25, 0.3) is 0 Å². The minimum Gasteiger partial charge on any atom is -0.293 e. The fourth-order valence-electron chi connectivity index (χ4n) is 4.10. The van der Waals surface area contributed by atoms with Crippen LogP contribution in [0, 0.1) is 0 Å². The minimum absolute atomic E-state index is 0.0617. The summed E-state index contributed by atoms with van der Waals surface area (Å²) in [6.45, 7) is 4.37. The van der Waals surface area contributed by atoms with E-state index in [-0.39, 0.29) is 35.9 Å². The van der Waals surface area contributed by atoms with Gasteiger partial charge in [-0.2, -0.15) is 0 Å². The van der Waals surface area contributed by atoms with E-state index in [9.17, 15) is 14.4 Å². The largest absolute Gasteiger partial charge is 0.293 e. The molecule has 0 saturated carbocycles. The Labute approximate surface area is 367 Å². The Balaban J connectivity index is 0. The molecule has 11 nitrogen and oxygen atoms in total. The third-order valence-corrected chi connectivity index (χ3v) is 7.40. The molecule has 0 aromatic heterocycles. The number of nitrogens with zero attached hydrogens (tertiary/aromatic N) is 6. The summed E-state index contributed by atoms with van der Waals surface area (Å²) in [5.74, 6) is 0.203. The number of carbonyl (C=O) groups is 3. The van der Waals surface area contributed by atoms with Gasteiger partial charge in [0.1, 0.15) is 0 Å². The van der Waals surface area contributed by atoms with Crippen molar-refractivity contribution in [2.45, 2.75) is 39.5 Å². The van der Waals surface area contributed by atoms with E-state index in [1.165, 1.54) is 23.8 Å². The van der Waals surface area contributed by atoms with Crippen molar-refractivity contribution in [3.8, 4) is 0 Å². The van der Waals surface area contributed by atoms with Crippen molar-refractivity contribution in [2.75, 3.05) is 37.0 Å². The van der Waals surface area contributed by atoms with Gasteiger partial charge in [-0.1, -0.05) is 129 Å². The number of alkyl halides is 3. The molecular formula is C39H45Br3Cl2CuN6O5. The maximum Gasteiger partial charge on any atom is 0.173 e. The standard InChI is InChI=1S/C10H10BrN3O.C10H11N3O.C10H12O2.C8H10O.CH2Cl2.2BrH.Cu/c11-7-10(15)9-3-1-8(2-4-9)5-6-13-14-12;1-8(14)10-4-2-9(3-5-10)6-7-12-13-11;1-8(12)10-4-2-9(3-5-10)6-7-11;9-7-6-8-4-2-1-3-5-8;2-1-3;;;/h1-4H,5-7H2;2-5H,6-7H2,1H3;2-5,11H,6-7H2,1H3;1-5,9H,6-7H2;1H2;2*1H;/q;;;;;;;+2/p-2. The molecule has 56 heavy (non-hydrogen) atoms. The van der Waals surface area contributed by atoms with Crippen LogP contribution in [0.25, 0.3) is 20.9 Å². The summed E-state index contributed by atoms with van der Waals surface area (Å²) in [5, 5.41) is 24.6. The van der Waals surface area contributed by atoms with Gasteiger partial charge in [0.15, 0.2) is 17.3 Å². The zero-order valence-corrected chi connectivity index (χ0v) is 38.1. The molecule has 0 saturated heterocycles. The van der Waals surface area contributed by atoms with Gasteiger partial charge in [-0.05, 0) is 72.8 Å². The molecule has 0 aliphatic rings. The Kier molecular flexibility index (Phi) is 38.2. The van der Waals surface area contributed by atoms with Crippen molar-refractivity contribution in [3.63, 3.8) is 0 Å². The van der Waals surface area contributed by atoms with Gasteiger partial charge >= 0.3 is 39.6 Å². The Morgan fingerprint density at radius 1 is 0.607 bits per heavy atom. The first kappa shape index (κ1) is 55.1. The topological polar surface area (TPSA) is 189 Å². The summed E-state index contributed by atoms with van der Waals surface area (Å²) in [6.07, 6.45) is 2.83. The van der Waals surface area contributed by atoms with Crippen molar-refractivity contribution in [2.24, 2.45) is 10.2 Å². The van der Waals surface area contributed by atoms with Gasteiger partial charge in [-0.25, -0.2) is 0 Å². The van der Waals surface area contributed by atoms with E-state index in [2.05, 4.69) is 64.2 Å². The third kappa shape index (κ3) is 30.2. The van der Waals surface area contributed by atoms with Crippen molar-refractivity contribution in [1.29, 1.82) is 0 Å². The first-order valence-electron chi connectivity index (χ1n) is 16.6. The molecule has 0 heterocycles. The fourth-order valence-corrected chi connectivity index (χ4v) is 4.42. The first-order valence-corrected chi connectivity index (χ1v) is 23.4. The van der Waals surface area contributed by atoms with Crippen LogP contribution in [-0.2, 0) is 37.0 Å². The Morgan fingerprint density at radius 2 is 0.911 bits per heavy atom. The molecule has 0 amide bonds. The molecule has 0 fully saturated rings. The first-order chi connectivity index (χ1) is 27.0. The van der Waals surface area contributed by atoms with Gasteiger partial charge in [0.2, 0.25) is 0 Å². The number of aliphatic hydroxyl groups is 2. The maximum absolute atomic E-state index is 11.3. The predicted octanol–water partition coefficient (Wildman–Crippen LogP) is 11.6. The molecule has 4 aromatic carbocycles. The number of hydrogen-bond acceptors (Lipinski definition) is 7. The van der Waals surface area contributed by atoms with Crippen LogP contribution in [0.3, 0.4) is 0 Å². The SMILES string of the molecule is CC(=O)c1ccc(CCN=[N+]=[N-])cc1.CC(=O)c1ccc(CCO)cc1.ClCCl.OCCc1ccccc1.[Br][Cu][Br].[N-]=[N+]=NCCc1ccc(C(=O)CBr)cc1. The molecule has 0 unspecified atom stereocenters. The summed E-state index contributed by atoms with van der Waals surface area (Å²) in [7, 11) is 0. The summed E-state index contributed by atoms with van der Waals surface area (Å²) >= 11 is 20.0. The summed E-state index contributed by atoms with van der Waals surface area (Å²) in [4.78, 5) is 38.4. The average molecular weight is 1050 g/mol. The number of ketones is 3. The van der Waals surface area contributed by atoms with Crippen LogP contribution in [0.1, 0.15) is 67.2 Å². The van der Waals surface area contributed by atoms with E-state index in [4.69, 9.17) is 44.5 Å². The molecule has 2 N–H and O–H groups in total. The third-order valence-electron chi connectivity index (χ3n) is 6.89. The summed E-state index contributed by atoms with van der Waals surface area (Å²) in [5.41, 5.74) is 22.7. The van der Waals surface area contributed by atoms with E-state index in [1.54, 1.807) is 43.3 Å². The van der Waals surface area contributed by atoms with E-state index in [0.29, 0.717) is 48.8 Å². The molecule has 4 rings (SSSR count). The monoisotopic (exact) mass is 1050 g/mol. The number of benzene rings is 4. The van der Waals surface area contributed by atoms with Crippen molar-refractivity contribution in [3.05, 3.63) is 163 Å². The number of halogens is 5. The number of carbonyl (C=O) groups excluding carboxylic acids is 3. The van der Waals surface area contributed by atoms with E-state index in [1.807, 2.05) is 66.7 Å². The molecular weight excluding hydrogens is 1010 g/mol. The van der Waals surface area contributed by atoms with Gasteiger partial charge in [0, 0.05) is 52.8 Å². The van der Waals surface area contributed by atoms with Gasteiger partial charge in [-0.15, -0.1) is 23.2 Å². The van der Waals surface area contributed by atoms with Crippen molar-refractivity contribution >= 4 is 84.7 Å². The normalized spacial score (nSPS) is 9.16. The summed E-state index contributed by atoms with van der Waals surface area (Å²) in [6, 6.07) is 31.9. The van der Waals surface area contributed by atoms with Crippen molar-refractivity contribution in [1.82, 2.24) is 0 Å². The Bertz CT molecular complexity index is 1730. The number of rotatable bonds is 14. The number of hydrogen-bond donors (Lipinski definition) is 2. The fraction of sp³-hybridized carbons (Fsp3) is 0.308. The summed E-state index contributed by atoms with van der Waals surface area (Å²) < 4.78 is 0. The predicted molar refractivity (Wildman–Crippen MR) is 235 cm³/mol. The van der Waals surface area contributed by atoms with Crippen LogP contribution in [0.2, 0.25) is 0 Å². The van der Waals surface area contributed by atoms with Crippen LogP contribution in [-0.4, -0.2) is 64.5 Å². The van der Waals surface area contributed by atoms with Crippen LogP contribution < -0.4 is 0 Å². The molecule has 4 aromatic rings. The molecule has 0 spiro atoms. The molecule has 0 aliphatic heterocycles. The van der Waals surface area contributed by atoms with E-state index < -0.39 is 0 Å². The molecule has 0 bridgehead atoms. The average Bonchev–Trinajstić information content (AvgIpc) is 3.20. The number of Topliss-reactive ketones (excluding diaryl/α,β-unsaturated/α-hetero) is 3. The van der Waals surface area contributed by atoms with Crippen LogP contribution in [0.4, 0.5) is 0 Å². The van der Waals surface area contributed by atoms with E-state index >= 15 is 0 Å². The maximum atomic E-state index is 11.3. The van der Waals surface area contributed by atoms with E-state index in [0.717, 1.165) is 28.7 Å². The minimum atomic E-state index is 0.0617. The van der Waals surface area contributed by atoms with Gasteiger partial charge < -0.3 is 10.2 Å². The van der Waals surface area contributed by atoms with Crippen LogP contribution >= 0.6 is 67.4 Å². The van der Waals surface area contributed by atoms with Crippen LogP contribution in [0.15, 0.2) is 113 Å². The molecule has 0 atom stereocenters. The van der Waals surface area contributed by atoms with Crippen LogP contribution in [0.5, 0.6) is 0 Å². The van der Waals surface area contributed by atoms with Crippen molar-refractivity contribution < 1.29 is 35.9 Å². The second-order valence-corrected chi connectivity index (χ2v) is 16.9. The van der Waals surface area contributed by atoms with Gasteiger partial charge in [0.05, 0.1) is 10.7 Å². The molecule has 0 radical (unpaired) electrons. The number of aliphatic hydroxyl groups excluding tert-OH is 2. The second-order valence-electron chi connectivity index (χ2n) is 10.7.